The van der Waals surface area contributed by atoms with Crippen molar-refractivity contribution in [1.82, 2.24) is 0 Å². The summed E-state index contributed by atoms with van der Waals surface area (Å²) >= 11 is 2.00. The molecule has 0 radical (unpaired) electrons. The minimum atomic E-state index is -0.122. The van der Waals surface area contributed by atoms with Crippen molar-refractivity contribution in [3.05, 3.63) is 32.6 Å². The van der Waals surface area contributed by atoms with E-state index in [0.29, 0.717) is 3.57 Å². The molecule has 1 aliphatic carbocycles. The van der Waals surface area contributed by atoms with Crippen molar-refractivity contribution in [3.8, 4) is 0 Å². The highest BCUT2D eigenvalue weighted by atomic mass is 127. The Morgan fingerprint density at radius 2 is 2.25 bits per heavy atom. The molecule has 64 valence electrons. The van der Waals surface area contributed by atoms with E-state index >= 15 is 0 Å². The van der Waals surface area contributed by atoms with Crippen LogP contribution in [0, 0.1) is 9.39 Å². The van der Waals surface area contributed by atoms with E-state index in [1.807, 2.05) is 28.7 Å². The molecular formula is C9H9FIN. The summed E-state index contributed by atoms with van der Waals surface area (Å²) in [5.41, 5.74) is 8.05. The highest BCUT2D eigenvalue weighted by Crippen LogP contribution is 2.31. The Bertz CT molecular complexity index is 325. The molecule has 0 saturated heterocycles. The third-order valence-electron chi connectivity index (χ3n) is 2.31. The lowest BCUT2D eigenvalue weighted by molar-refractivity contribution is 0.618. The zero-order chi connectivity index (χ0) is 8.72. The van der Waals surface area contributed by atoms with Crippen molar-refractivity contribution in [1.29, 1.82) is 0 Å². The van der Waals surface area contributed by atoms with Crippen LogP contribution >= 0.6 is 22.6 Å². The third kappa shape index (κ3) is 1.25. The van der Waals surface area contributed by atoms with Gasteiger partial charge in [0.1, 0.15) is 5.82 Å². The van der Waals surface area contributed by atoms with Gasteiger partial charge in [0.2, 0.25) is 0 Å². The van der Waals surface area contributed by atoms with E-state index in [2.05, 4.69) is 0 Å². The lowest BCUT2D eigenvalue weighted by Crippen LogP contribution is -2.05. The van der Waals surface area contributed by atoms with Crippen molar-refractivity contribution in [2.75, 3.05) is 0 Å². The molecule has 1 atom stereocenters. The van der Waals surface area contributed by atoms with Crippen LogP contribution in [0.1, 0.15) is 23.6 Å². The second kappa shape index (κ2) is 2.96. The Morgan fingerprint density at radius 3 is 3.00 bits per heavy atom. The Balaban J connectivity index is 2.56. The molecule has 1 aliphatic rings. The van der Waals surface area contributed by atoms with Gasteiger partial charge in [-0.2, -0.15) is 0 Å². The molecular weight excluding hydrogens is 268 g/mol. The van der Waals surface area contributed by atoms with Gasteiger partial charge in [0.25, 0.3) is 0 Å². The molecule has 12 heavy (non-hydrogen) atoms. The zero-order valence-corrected chi connectivity index (χ0v) is 8.64. The first-order chi connectivity index (χ1) is 5.68. The monoisotopic (exact) mass is 277 g/mol. The third-order valence-corrected chi connectivity index (χ3v) is 3.13. The van der Waals surface area contributed by atoms with Crippen molar-refractivity contribution in [2.45, 2.75) is 18.9 Å². The number of nitrogens with two attached hydrogens (primary N) is 1. The van der Waals surface area contributed by atoms with Gasteiger partial charge >= 0.3 is 0 Å². The quantitative estimate of drug-likeness (QED) is 0.724. The molecule has 0 fully saturated rings. The Hall–Kier alpha value is -0.160. The molecule has 1 aromatic rings. The topological polar surface area (TPSA) is 26.0 Å². The Morgan fingerprint density at radius 1 is 1.50 bits per heavy atom. The number of aryl methyl sites for hydroxylation is 1. The van der Waals surface area contributed by atoms with E-state index in [4.69, 9.17) is 5.73 Å². The molecule has 0 amide bonds. The van der Waals surface area contributed by atoms with Crippen LogP contribution < -0.4 is 5.73 Å². The first kappa shape index (κ1) is 8.44. The predicted molar refractivity (Wildman–Crippen MR) is 54.4 cm³/mol. The summed E-state index contributed by atoms with van der Waals surface area (Å²) in [7, 11) is 0. The molecule has 0 saturated carbocycles. The molecule has 0 aliphatic heterocycles. The van der Waals surface area contributed by atoms with Crippen LogP contribution in [0.25, 0.3) is 0 Å². The number of hydrogen-bond donors (Lipinski definition) is 1. The van der Waals surface area contributed by atoms with Gasteiger partial charge in [0, 0.05) is 9.61 Å². The van der Waals surface area contributed by atoms with Crippen LogP contribution in [0.3, 0.4) is 0 Å². The maximum absolute atomic E-state index is 13.1. The standard InChI is InChI=1S/C9H9FIN/c10-7-3-5-1-2-9(12)6(5)4-8(7)11/h3-4,9H,1-2,12H2/t9-/m0/s1. The van der Waals surface area contributed by atoms with E-state index in [9.17, 15) is 4.39 Å². The maximum Gasteiger partial charge on any atom is 0.136 e. The largest absolute Gasteiger partial charge is 0.324 e. The van der Waals surface area contributed by atoms with Gasteiger partial charge in [-0.25, -0.2) is 4.39 Å². The van der Waals surface area contributed by atoms with Crippen LogP contribution in [0.4, 0.5) is 4.39 Å². The highest BCUT2D eigenvalue weighted by molar-refractivity contribution is 14.1. The van der Waals surface area contributed by atoms with Crippen LogP contribution in [0.5, 0.6) is 0 Å². The number of benzene rings is 1. The van der Waals surface area contributed by atoms with Gasteiger partial charge < -0.3 is 5.73 Å². The van der Waals surface area contributed by atoms with Crippen LogP contribution in [-0.4, -0.2) is 0 Å². The van der Waals surface area contributed by atoms with Gasteiger partial charge in [0.15, 0.2) is 0 Å². The van der Waals surface area contributed by atoms with Gasteiger partial charge in [0.05, 0.1) is 0 Å². The summed E-state index contributed by atoms with van der Waals surface area (Å²) < 4.78 is 13.7. The molecule has 1 aromatic carbocycles. The summed E-state index contributed by atoms with van der Waals surface area (Å²) in [6, 6.07) is 3.60. The molecule has 1 nitrogen and oxygen atoms in total. The SMILES string of the molecule is N[C@H]1CCc2cc(F)c(I)cc21. The summed E-state index contributed by atoms with van der Waals surface area (Å²) in [6.45, 7) is 0. The first-order valence-corrected chi connectivity index (χ1v) is 5.00. The van der Waals surface area contributed by atoms with Crippen molar-refractivity contribution in [3.63, 3.8) is 0 Å². The summed E-state index contributed by atoms with van der Waals surface area (Å²) in [4.78, 5) is 0. The molecule has 0 unspecified atom stereocenters. The summed E-state index contributed by atoms with van der Waals surface area (Å²) in [5.74, 6) is -0.122. The van der Waals surface area contributed by atoms with E-state index in [1.165, 1.54) is 0 Å². The van der Waals surface area contributed by atoms with Gasteiger partial charge in [-0.05, 0) is 58.7 Å². The number of halogens is 2. The average molecular weight is 277 g/mol. The zero-order valence-electron chi connectivity index (χ0n) is 6.48. The van der Waals surface area contributed by atoms with Gasteiger partial charge in [-0.3, -0.25) is 0 Å². The van der Waals surface area contributed by atoms with E-state index in [1.54, 1.807) is 6.07 Å². The van der Waals surface area contributed by atoms with E-state index in [-0.39, 0.29) is 11.9 Å². The van der Waals surface area contributed by atoms with Crippen LogP contribution in [0.2, 0.25) is 0 Å². The fourth-order valence-electron chi connectivity index (χ4n) is 1.63. The fraction of sp³-hybridized carbons (Fsp3) is 0.333. The molecule has 0 spiro atoms. The lowest BCUT2D eigenvalue weighted by Gasteiger charge is -2.05. The minimum absolute atomic E-state index is 0.120. The number of hydrogen-bond acceptors (Lipinski definition) is 1. The average Bonchev–Trinajstić information content (AvgIpc) is 2.35. The van der Waals surface area contributed by atoms with Gasteiger partial charge in [-0.15, -0.1) is 0 Å². The van der Waals surface area contributed by atoms with Crippen molar-refractivity contribution in [2.24, 2.45) is 5.73 Å². The molecule has 2 rings (SSSR count). The molecule has 3 heteroatoms. The van der Waals surface area contributed by atoms with Crippen LogP contribution in [-0.2, 0) is 6.42 Å². The van der Waals surface area contributed by atoms with E-state index < -0.39 is 0 Å². The second-order valence-corrected chi connectivity index (χ2v) is 4.27. The molecule has 0 heterocycles. The molecule has 0 bridgehead atoms. The van der Waals surface area contributed by atoms with Crippen molar-refractivity contribution >= 4 is 22.6 Å². The number of rotatable bonds is 0. The summed E-state index contributed by atoms with van der Waals surface area (Å²) in [5, 5.41) is 0. The predicted octanol–water partition coefficient (Wildman–Crippen LogP) is 2.38. The highest BCUT2D eigenvalue weighted by Gasteiger charge is 2.20. The normalized spacial score (nSPS) is 21.1. The molecule has 0 aromatic heterocycles. The van der Waals surface area contributed by atoms with Gasteiger partial charge in [-0.1, -0.05) is 0 Å². The lowest BCUT2D eigenvalue weighted by atomic mass is 10.1. The Labute approximate surface area is 84.3 Å². The fourth-order valence-corrected chi connectivity index (χ4v) is 2.12. The van der Waals surface area contributed by atoms with Crippen molar-refractivity contribution < 1.29 is 4.39 Å². The Kier molecular flexibility index (Phi) is 2.08. The smallest absolute Gasteiger partial charge is 0.136 e. The minimum Gasteiger partial charge on any atom is -0.324 e. The molecule has 2 N–H and O–H groups in total. The summed E-state index contributed by atoms with van der Waals surface area (Å²) in [6.07, 6.45) is 1.87. The second-order valence-electron chi connectivity index (χ2n) is 3.11. The number of fused-ring (bicyclic) bond motifs is 1. The first-order valence-electron chi connectivity index (χ1n) is 3.92. The maximum atomic E-state index is 13.1. The van der Waals surface area contributed by atoms with E-state index in [0.717, 1.165) is 24.0 Å². The van der Waals surface area contributed by atoms with Crippen LogP contribution in [0.15, 0.2) is 12.1 Å².